The van der Waals surface area contributed by atoms with Gasteiger partial charge in [-0.25, -0.2) is 4.98 Å². The Balaban J connectivity index is 2.14. The Kier molecular flexibility index (Phi) is 5.54. The van der Waals surface area contributed by atoms with Crippen LogP contribution in [0, 0.1) is 17.0 Å². The Morgan fingerprint density at radius 1 is 1.41 bits per heavy atom. The van der Waals surface area contributed by atoms with Crippen molar-refractivity contribution in [2.75, 3.05) is 6.54 Å². The van der Waals surface area contributed by atoms with Gasteiger partial charge in [-0.2, -0.15) is 13.2 Å². The summed E-state index contributed by atoms with van der Waals surface area (Å²) in [7, 11) is 1.31. The molecule has 0 fully saturated rings. The zero-order valence-electron chi connectivity index (χ0n) is 14.4. The van der Waals surface area contributed by atoms with Crippen LogP contribution in [0.3, 0.4) is 0 Å². The third kappa shape index (κ3) is 4.08. The number of benzene rings is 1. The molecular weight excluding hydrogens is 369 g/mol. The molecule has 11 heteroatoms. The number of carbonyl (C=O) groups is 1. The number of nitrogens with zero attached hydrogens (tertiary/aromatic N) is 3. The van der Waals surface area contributed by atoms with E-state index in [0.29, 0.717) is 5.56 Å². The first-order valence-electron chi connectivity index (χ1n) is 7.77. The minimum Gasteiger partial charge on any atom is -0.374 e. The third-order valence-electron chi connectivity index (χ3n) is 4.10. The summed E-state index contributed by atoms with van der Waals surface area (Å²) in [5.74, 6) is -1.39. The SMILES string of the molecule is Cc1ccc(C(=O)NCCC(O)(c2nccn2C)C(F)(F)F)cc1[N+](=O)[O-]. The smallest absolute Gasteiger partial charge is 0.374 e. The molecule has 0 bridgehead atoms. The van der Waals surface area contributed by atoms with E-state index in [1.54, 1.807) is 0 Å². The first-order valence-corrected chi connectivity index (χ1v) is 7.77. The van der Waals surface area contributed by atoms with Crippen LogP contribution in [-0.2, 0) is 12.6 Å². The van der Waals surface area contributed by atoms with Crippen molar-refractivity contribution in [2.24, 2.45) is 7.05 Å². The molecule has 0 aliphatic heterocycles. The van der Waals surface area contributed by atoms with Gasteiger partial charge in [0.15, 0.2) is 0 Å². The lowest BCUT2D eigenvalue weighted by Gasteiger charge is -2.29. The molecule has 1 atom stereocenters. The highest BCUT2D eigenvalue weighted by Gasteiger charge is 2.57. The quantitative estimate of drug-likeness (QED) is 0.584. The number of alkyl halides is 3. The first kappa shape index (κ1) is 20.4. The van der Waals surface area contributed by atoms with Crippen LogP contribution in [-0.4, -0.2) is 38.2 Å². The van der Waals surface area contributed by atoms with Crippen molar-refractivity contribution < 1.29 is 28.0 Å². The second-order valence-corrected chi connectivity index (χ2v) is 5.98. The van der Waals surface area contributed by atoms with E-state index >= 15 is 0 Å². The van der Waals surface area contributed by atoms with E-state index in [0.717, 1.165) is 16.8 Å². The highest BCUT2D eigenvalue weighted by molar-refractivity contribution is 5.94. The van der Waals surface area contributed by atoms with Crippen LogP contribution in [0.4, 0.5) is 18.9 Å². The minimum atomic E-state index is -5.01. The average Bonchev–Trinajstić information content (AvgIpc) is 3.00. The number of nitro benzene ring substituents is 1. The fraction of sp³-hybridized carbons (Fsp3) is 0.375. The molecule has 2 rings (SSSR count). The molecule has 0 saturated carbocycles. The molecule has 1 amide bonds. The minimum absolute atomic E-state index is 0.0696. The number of hydrogen-bond donors (Lipinski definition) is 2. The Morgan fingerprint density at radius 3 is 2.59 bits per heavy atom. The molecule has 1 aromatic carbocycles. The summed E-state index contributed by atoms with van der Waals surface area (Å²) in [6, 6.07) is 3.73. The number of halogens is 3. The lowest BCUT2D eigenvalue weighted by atomic mass is 9.97. The summed E-state index contributed by atoms with van der Waals surface area (Å²) >= 11 is 0. The lowest BCUT2D eigenvalue weighted by molar-refractivity contribution is -0.385. The number of amides is 1. The maximum atomic E-state index is 13.4. The van der Waals surface area contributed by atoms with Gasteiger partial charge in [-0.15, -0.1) is 0 Å². The first-order chi connectivity index (χ1) is 12.5. The fourth-order valence-corrected chi connectivity index (χ4v) is 2.55. The lowest BCUT2D eigenvalue weighted by Crippen LogP contribution is -2.46. The molecule has 0 spiro atoms. The molecule has 1 aromatic heterocycles. The molecule has 2 aromatic rings. The van der Waals surface area contributed by atoms with Gasteiger partial charge in [0, 0.05) is 49.6 Å². The number of rotatable bonds is 6. The van der Waals surface area contributed by atoms with Crippen molar-refractivity contribution >= 4 is 11.6 Å². The zero-order valence-corrected chi connectivity index (χ0v) is 14.4. The number of carbonyl (C=O) groups excluding carboxylic acids is 1. The van der Waals surface area contributed by atoms with Gasteiger partial charge in [0.1, 0.15) is 5.82 Å². The van der Waals surface area contributed by atoms with Gasteiger partial charge in [0.25, 0.3) is 11.6 Å². The molecule has 146 valence electrons. The van der Waals surface area contributed by atoms with Gasteiger partial charge < -0.3 is 15.0 Å². The van der Waals surface area contributed by atoms with Gasteiger partial charge in [0.2, 0.25) is 5.60 Å². The predicted octanol–water partition coefficient (Wildman–Crippen LogP) is 2.21. The molecule has 8 nitrogen and oxygen atoms in total. The van der Waals surface area contributed by atoms with Crippen molar-refractivity contribution in [2.45, 2.75) is 25.1 Å². The fourth-order valence-electron chi connectivity index (χ4n) is 2.55. The summed E-state index contributed by atoms with van der Waals surface area (Å²) in [6.07, 6.45) is -3.51. The molecule has 0 saturated heterocycles. The number of nitro groups is 1. The number of nitrogens with one attached hydrogen (secondary N) is 1. The van der Waals surface area contributed by atoms with E-state index in [1.165, 1.54) is 32.3 Å². The highest BCUT2D eigenvalue weighted by Crippen LogP contribution is 2.40. The summed E-state index contributed by atoms with van der Waals surface area (Å²) in [5, 5.41) is 23.3. The van der Waals surface area contributed by atoms with Gasteiger partial charge in [-0.1, -0.05) is 6.07 Å². The van der Waals surface area contributed by atoms with E-state index in [9.17, 15) is 33.2 Å². The number of hydrogen-bond acceptors (Lipinski definition) is 5. The monoisotopic (exact) mass is 386 g/mol. The van der Waals surface area contributed by atoms with Crippen LogP contribution in [0.15, 0.2) is 30.6 Å². The molecular formula is C16H17F3N4O4. The van der Waals surface area contributed by atoms with Crippen LogP contribution >= 0.6 is 0 Å². The second kappa shape index (κ2) is 7.35. The van der Waals surface area contributed by atoms with Crippen molar-refractivity contribution in [3.63, 3.8) is 0 Å². The third-order valence-corrected chi connectivity index (χ3v) is 4.10. The van der Waals surface area contributed by atoms with Gasteiger partial charge in [-0.3, -0.25) is 14.9 Å². The summed E-state index contributed by atoms with van der Waals surface area (Å²) in [4.78, 5) is 25.9. The normalized spacial score (nSPS) is 13.9. The maximum Gasteiger partial charge on any atom is 0.424 e. The van der Waals surface area contributed by atoms with Gasteiger partial charge >= 0.3 is 6.18 Å². The molecule has 1 unspecified atom stereocenters. The second-order valence-electron chi connectivity index (χ2n) is 5.98. The molecule has 2 N–H and O–H groups in total. The predicted molar refractivity (Wildman–Crippen MR) is 87.9 cm³/mol. The number of imidazole rings is 1. The number of aliphatic hydroxyl groups is 1. The average molecular weight is 386 g/mol. The topological polar surface area (TPSA) is 110 Å². The van der Waals surface area contributed by atoms with Crippen LogP contribution in [0.1, 0.15) is 28.2 Å². The van der Waals surface area contributed by atoms with E-state index in [1.807, 2.05) is 0 Å². The highest BCUT2D eigenvalue weighted by atomic mass is 19.4. The van der Waals surface area contributed by atoms with E-state index in [2.05, 4.69) is 10.3 Å². The van der Waals surface area contributed by atoms with Crippen LogP contribution in [0.5, 0.6) is 0 Å². The van der Waals surface area contributed by atoms with Crippen LogP contribution < -0.4 is 5.32 Å². The Morgan fingerprint density at radius 2 is 2.07 bits per heavy atom. The van der Waals surface area contributed by atoms with Crippen LogP contribution in [0.25, 0.3) is 0 Å². The van der Waals surface area contributed by atoms with E-state index in [4.69, 9.17) is 0 Å². The molecule has 1 heterocycles. The standard InChI is InChI=1S/C16H17F3N4O4/c1-10-3-4-11(9-12(10)23(26)27)13(24)20-6-5-15(25,16(17,18)19)14-21-7-8-22(14)2/h3-4,7-9,25H,5-6H2,1-2H3,(H,20,24). The Hall–Kier alpha value is -2.95. The van der Waals surface area contributed by atoms with Crippen molar-refractivity contribution in [3.8, 4) is 0 Å². The summed E-state index contributed by atoms with van der Waals surface area (Å²) in [6.45, 7) is 0.972. The number of aromatic nitrogens is 2. The molecule has 0 aliphatic carbocycles. The molecule has 0 radical (unpaired) electrons. The summed E-state index contributed by atoms with van der Waals surface area (Å²) < 4.78 is 41.2. The Labute approximate surface area is 151 Å². The zero-order chi connectivity index (χ0) is 20.4. The van der Waals surface area contributed by atoms with E-state index < -0.39 is 41.4 Å². The van der Waals surface area contributed by atoms with E-state index in [-0.39, 0.29) is 11.3 Å². The van der Waals surface area contributed by atoms with Crippen molar-refractivity contribution in [1.29, 1.82) is 0 Å². The van der Waals surface area contributed by atoms with Crippen molar-refractivity contribution in [1.82, 2.24) is 14.9 Å². The number of aryl methyl sites for hydroxylation is 2. The molecule has 0 aliphatic rings. The van der Waals surface area contributed by atoms with Crippen LogP contribution in [0.2, 0.25) is 0 Å². The molecule has 27 heavy (non-hydrogen) atoms. The largest absolute Gasteiger partial charge is 0.424 e. The Bertz CT molecular complexity index is 866. The maximum absolute atomic E-state index is 13.4. The summed E-state index contributed by atoms with van der Waals surface area (Å²) in [5.41, 5.74) is -3.25. The van der Waals surface area contributed by atoms with Gasteiger partial charge in [-0.05, 0) is 13.0 Å². The van der Waals surface area contributed by atoms with Gasteiger partial charge in [0.05, 0.1) is 4.92 Å². The van der Waals surface area contributed by atoms with Crippen molar-refractivity contribution in [3.05, 3.63) is 57.7 Å².